The summed E-state index contributed by atoms with van der Waals surface area (Å²) in [4.78, 5) is 17.5. The second kappa shape index (κ2) is 8.22. The van der Waals surface area contributed by atoms with Crippen LogP contribution >= 0.6 is 27.3 Å². The highest BCUT2D eigenvalue weighted by Gasteiger charge is 2.19. The van der Waals surface area contributed by atoms with Crippen molar-refractivity contribution < 1.29 is 14.3 Å². The maximum absolute atomic E-state index is 12.5. The highest BCUT2D eigenvalue weighted by atomic mass is 79.9. The van der Waals surface area contributed by atoms with Crippen LogP contribution in [0.2, 0.25) is 0 Å². The molecule has 0 aliphatic carbocycles. The lowest BCUT2D eigenvalue weighted by Crippen LogP contribution is -2.30. The van der Waals surface area contributed by atoms with Crippen molar-refractivity contribution in [3.8, 4) is 22.8 Å². The molecule has 2 aromatic heterocycles. The molecule has 0 fully saturated rings. The fourth-order valence-electron chi connectivity index (χ4n) is 2.76. The van der Waals surface area contributed by atoms with Crippen LogP contribution in [0.4, 0.5) is 5.95 Å². The highest BCUT2D eigenvalue weighted by Crippen LogP contribution is 2.32. The molecule has 7 nitrogen and oxygen atoms in total. The Hall–Kier alpha value is -2.91. The van der Waals surface area contributed by atoms with Gasteiger partial charge in [0.1, 0.15) is 11.5 Å². The molecule has 1 N–H and O–H groups in total. The lowest BCUT2D eigenvalue weighted by Gasteiger charge is -2.13. The van der Waals surface area contributed by atoms with Gasteiger partial charge in [-0.1, -0.05) is 28.1 Å². The molecule has 0 aliphatic heterocycles. The first-order valence-electron chi connectivity index (χ1n) is 8.76. The van der Waals surface area contributed by atoms with E-state index < -0.39 is 6.10 Å². The summed E-state index contributed by atoms with van der Waals surface area (Å²) < 4.78 is 13.7. The monoisotopic (exact) mass is 472 g/mol. The van der Waals surface area contributed by atoms with Gasteiger partial charge >= 0.3 is 0 Å². The van der Waals surface area contributed by atoms with Crippen LogP contribution in [0.1, 0.15) is 6.92 Å². The molecule has 4 rings (SSSR count). The van der Waals surface area contributed by atoms with Crippen molar-refractivity contribution in [1.82, 2.24) is 14.6 Å². The zero-order valence-corrected chi connectivity index (χ0v) is 18.0. The van der Waals surface area contributed by atoms with Crippen LogP contribution in [0.3, 0.4) is 0 Å². The standard InChI is InChI=1S/C20H17BrN4O3S/c1-12(28-14-9-7-13(21)8-10-14)18(26)22-19-23-20-25(24-19)16(11-29-20)15-5-3-4-6-17(15)27-2/h3-12H,1-2H3,(H,22,24,26). The minimum Gasteiger partial charge on any atom is -0.496 e. The van der Waals surface area contributed by atoms with E-state index in [-0.39, 0.29) is 11.9 Å². The quantitative estimate of drug-likeness (QED) is 0.442. The number of fused-ring (bicyclic) bond motifs is 1. The molecule has 1 amide bonds. The molecule has 0 saturated heterocycles. The molecule has 1 unspecified atom stereocenters. The van der Waals surface area contributed by atoms with E-state index in [2.05, 4.69) is 31.3 Å². The van der Waals surface area contributed by atoms with Crippen LogP contribution in [-0.2, 0) is 4.79 Å². The van der Waals surface area contributed by atoms with Gasteiger partial charge in [0.25, 0.3) is 11.9 Å². The number of ether oxygens (including phenoxy) is 2. The number of hydrogen-bond acceptors (Lipinski definition) is 6. The Balaban J connectivity index is 1.52. The number of benzene rings is 2. The zero-order valence-electron chi connectivity index (χ0n) is 15.6. The Morgan fingerprint density at radius 2 is 1.97 bits per heavy atom. The highest BCUT2D eigenvalue weighted by molar-refractivity contribution is 9.10. The van der Waals surface area contributed by atoms with Gasteiger partial charge in [-0.05, 0) is 43.3 Å². The normalized spacial score (nSPS) is 12.0. The van der Waals surface area contributed by atoms with E-state index in [4.69, 9.17) is 9.47 Å². The zero-order chi connectivity index (χ0) is 20.4. The summed E-state index contributed by atoms with van der Waals surface area (Å²) in [5.41, 5.74) is 1.74. The third kappa shape index (κ3) is 4.10. The number of rotatable bonds is 6. The first-order valence-corrected chi connectivity index (χ1v) is 10.4. The minimum atomic E-state index is -0.702. The average Bonchev–Trinajstić information content (AvgIpc) is 3.29. The number of halogens is 1. The molecule has 29 heavy (non-hydrogen) atoms. The van der Waals surface area contributed by atoms with Crippen molar-refractivity contribution >= 4 is 44.1 Å². The number of hydrogen-bond donors (Lipinski definition) is 1. The molecule has 0 aliphatic rings. The summed E-state index contributed by atoms with van der Waals surface area (Å²) in [6.07, 6.45) is -0.702. The summed E-state index contributed by atoms with van der Waals surface area (Å²) in [5.74, 6) is 1.24. The van der Waals surface area contributed by atoms with E-state index in [9.17, 15) is 4.79 Å². The minimum absolute atomic E-state index is 0.226. The van der Waals surface area contributed by atoms with Gasteiger partial charge in [0.2, 0.25) is 4.96 Å². The molecule has 1 atom stereocenters. The number of carbonyl (C=O) groups is 1. The summed E-state index contributed by atoms with van der Waals surface area (Å²) in [6.45, 7) is 1.68. The number of nitrogens with zero attached hydrogens (tertiary/aromatic N) is 3. The van der Waals surface area contributed by atoms with E-state index >= 15 is 0 Å². The molecule has 2 aromatic carbocycles. The lowest BCUT2D eigenvalue weighted by atomic mass is 10.1. The summed E-state index contributed by atoms with van der Waals surface area (Å²) in [7, 11) is 1.63. The molecular formula is C20H17BrN4O3S. The van der Waals surface area contributed by atoms with Gasteiger partial charge in [-0.2, -0.15) is 4.98 Å². The topological polar surface area (TPSA) is 77.8 Å². The number of nitrogens with one attached hydrogen (secondary N) is 1. The number of carbonyl (C=O) groups excluding carboxylic acids is 1. The number of aromatic nitrogens is 3. The van der Waals surface area contributed by atoms with Crippen LogP contribution in [0, 0.1) is 0 Å². The van der Waals surface area contributed by atoms with Crippen molar-refractivity contribution in [2.75, 3.05) is 12.4 Å². The van der Waals surface area contributed by atoms with Crippen LogP contribution < -0.4 is 14.8 Å². The van der Waals surface area contributed by atoms with Gasteiger partial charge in [0.05, 0.1) is 12.8 Å². The second-order valence-electron chi connectivity index (χ2n) is 6.15. The predicted molar refractivity (Wildman–Crippen MR) is 116 cm³/mol. The average molecular weight is 473 g/mol. The molecule has 0 bridgehead atoms. The number of anilines is 1. The van der Waals surface area contributed by atoms with Gasteiger partial charge in [0.15, 0.2) is 6.10 Å². The largest absolute Gasteiger partial charge is 0.496 e. The first kappa shape index (κ1) is 19.4. The number of amides is 1. The van der Waals surface area contributed by atoms with Crippen LogP contribution in [0.15, 0.2) is 58.4 Å². The molecule has 0 saturated carbocycles. The van der Waals surface area contributed by atoms with Gasteiger partial charge in [0, 0.05) is 15.4 Å². The Morgan fingerprint density at radius 1 is 1.21 bits per heavy atom. The maximum atomic E-state index is 12.5. The first-order chi connectivity index (χ1) is 14.0. The fourth-order valence-corrected chi connectivity index (χ4v) is 3.85. The number of thiazole rings is 1. The molecular weight excluding hydrogens is 456 g/mol. The molecule has 0 spiro atoms. The van der Waals surface area contributed by atoms with E-state index in [1.54, 1.807) is 30.7 Å². The summed E-state index contributed by atoms with van der Waals surface area (Å²) in [6, 6.07) is 15.0. The Kier molecular flexibility index (Phi) is 5.50. The van der Waals surface area contributed by atoms with Gasteiger partial charge in [-0.15, -0.1) is 16.4 Å². The fraction of sp³-hybridized carbons (Fsp3) is 0.150. The SMILES string of the molecule is COc1ccccc1-c1csc2nc(NC(=O)C(C)Oc3ccc(Br)cc3)nn12. The van der Waals surface area contributed by atoms with Crippen LogP contribution in [-0.4, -0.2) is 33.7 Å². The maximum Gasteiger partial charge on any atom is 0.267 e. The lowest BCUT2D eigenvalue weighted by molar-refractivity contribution is -0.122. The molecule has 2 heterocycles. The third-order valence-electron chi connectivity index (χ3n) is 4.20. The Morgan fingerprint density at radius 3 is 2.72 bits per heavy atom. The van der Waals surface area contributed by atoms with E-state index in [0.29, 0.717) is 10.7 Å². The molecule has 148 valence electrons. The van der Waals surface area contributed by atoms with Crippen LogP contribution in [0.5, 0.6) is 11.5 Å². The van der Waals surface area contributed by atoms with Crippen molar-refractivity contribution in [1.29, 1.82) is 0 Å². The van der Waals surface area contributed by atoms with E-state index in [1.165, 1.54) is 11.3 Å². The van der Waals surface area contributed by atoms with Crippen LogP contribution in [0.25, 0.3) is 16.2 Å². The van der Waals surface area contributed by atoms with Gasteiger partial charge in [-0.25, -0.2) is 4.52 Å². The van der Waals surface area contributed by atoms with Crippen molar-refractivity contribution in [2.24, 2.45) is 0 Å². The molecule has 9 heteroatoms. The predicted octanol–water partition coefficient (Wildman–Crippen LogP) is 4.63. The van der Waals surface area contributed by atoms with Gasteiger partial charge in [-0.3, -0.25) is 10.1 Å². The number of methoxy groups -OCH3 is 1. The van der Waals surface area contributed by atoms with E-state index in [1.807, 2.05) is 41.8 Å². The third-order valence-corrected chi connectivity index (χ3v) is 5.54. The summed E-state index contributed by atoms with van der Waals surface area (Å²) in [5, 5.41) is 9.10. The molecule has 4 aromatic rings. The second-order valence-corrected chi connectivity index (χ2v) is 7.91. The van der Waals surface area contributed by atoms with Gasteiger partial charge < -0.3 is 9.47 Å². The Labute approximate surface area is 179 Å². The molecule has 0 radical (unpaired) electrons. The smallest absolute Gasteiger partial charge is 0.267 e. The van der Waals surface area contributed by atoms with Crippen molar-refractivity contribution in [3.05, 3.63) is 58.4 Å². The van der Waals surface area contributed by atoms with E-state index in [0.717, 1.165) is 21.5 Å². The Bertz CT molecular complexity index is 1160. The van der Waals surface area contributed by atoms with Crippen molar-refractivity contribution in [2.45, 2.75) is 13.0 Å². The van der Waals surface area contributed by atoms with Crippen molar-refractivity contribution in [3.63, 3.8) is 0 Å². The number of para-hydroxylation sites is 1. The summed E-state index contributed by atoms with van der Waals surface area (Å²) >= 11 is 4.80.